The van der Waals surface area contributed by atoms with E-state index in [9.17, 15) is 22.4 Å². The van der Waals surface area contributed by atoms with Crippen LogP contribution in [0.25, 0.3) is 0 Å². The van der Waals surface area contributed by atoms with Gasteiger partial charge in [0.1, 0.15) is 5.82 Å². The number of amides is 2. The largest absolute Gasteiger partial charge is 0.326 e. The van der Waals surface area contributed by atoms with Gasteiger partial charge in [-0.3, -0.25) is 9.59 Å². The van der Waals surface area contributed by atoms with Gasteiger partial charge in [-0.2, -0.15) is 0 Å². The van der Waals surface area contributed by atoms with E-state index in [1.54, 1.807) is 6.07 Å². The Kier molecular flexibility index (Phi) is 6.04. The third-order valence-electron chi connectivity index (χ3n) is 4.11. The third kappa shape index (κ3) is 5.11. The highest BCUT2D eigenvalue weighted by atomic mass is 32.2. The molecule has 0 bridgehead atoms. The average molecular weight is 423 g/mol. The summed E-state index contributed by atoms with van der Waals surface area (Å²) < 4.78 is 38.1. The maximum Gasteiger partial charge on any atom is 0.225 e. The minimum absolute atomic E-state index is 0.0521. The molecule has 1 heterocycles. The molecule has 1 aliphatic rings. The first-order valence-electron chi connectivity index (χ1n) is 8.62. The Bertz CT molecular complexity index is 1010. The number of hydrogen-bond donors (Lipinski definition) is 2. The molecule has 148 valence electrons. The number of carbonyl (C=O) groups excluding carboxylic acids is 2. The number of carbonyl (C=O) groups is 2. The fraction of sp³-hybridized carbons (Fsp3) is 0.263. The second-order valence-electron chi connectivity index (χ2n) is 6.46. The summed E-state index contributed by atoms with van der Waals surface area (Å²) in [5.74, 6) is -1.45. The van der Waals surface area contributed by atoms with E-state index in [1.165, 1.54) is 48.2 Å². The van der Waals surface area contributed by atoms with Crippen molar-refractivity contribution in [3.05, 3.63) is 48.3 Å². The highest BCUT2D eigenvalue weighted by Gasteiger charge is 2.22. The normalized spacial score (nSPS) is 16.6. The van der Waals surface area contributed by atoms with Gasteiger partial charge >= 0.3 is 0 Å². The van der Waals surface area contributed by atoms with Crippen LogP contribution < -0.4 is 10.6 Å². The lowest BCUT2D eigenvalue weighted by Gasteiger charge is -2.11. The zero-order chi connectivity index (χ0) is 20.3. The first-order valence-corrected chi connectivity index (χ1v) is 11.1. The molecule has 28 heavy (non-hydrogen) atoms. The molecule has 2 aromatic rings. The molecule has 0 saturated heterocycles. The van der Waals surface area contributed by atoms with Crippen molar-refractivity contribution in [3.63, 3.8) is 0 Å². The van der Waals surface area contributed by atoms with E-state index in [4.69, 9.17) is 0 Å². The molecule has 3 rings (SSSR count). The molecule has 1 aliphatic heterocycles. The molecular formula is C19H19FN2O4S2. The zero-order valence-electron chi connectivity index (χ0n) is 15.1. The lowest BCUT2D eigenvalue weighted by atomic mass is 10.3. The summed E-state index contributed by atoms with van der Waals surface area (Å²) in [5.41, 5.74) is 0.860. The van der Waals surface area contributed by atoms with Gasteiger partial charge in [-0.25, -0.2) is 12.8 Å². The van der Waals surface area contributed by atoms with E-state index in [-0.39, 0.29) is 28.2 Å². The van der Waals surface area contributed by atoms with Crippen LogP contribution >= 0.6 is 11.8 Å². The van der Waals surface area contributed by atoms with E-state index in [2.05, 4.69) is 10.6 Å². The van der Waals surface area contributed by atoms with E-state index in [1.807, 2.05) is 6.92 Å². The molecule has 0 spiro atoms. The van der Waals surface area contributed by atoms with Gasteiger partial charge in [0.15, 0.2) is 9.84 Å². The van der Waals surface area contributed by atoms with Crippen LogP contribution in [-0.2, 0) is 19.4 Å². The molecule has 0 aromatic heterocycles. The third-order valence-corrected chi connectivity index (χ3v) is 7.00. The first kappa shape index (κ1) is 20.3. The molecular weight excluding hydrogens is 403 g/mol. The van der Waals surface area contributed by atoms with Crippen molar-refractivity contribution in [2.75, 3.05) is 16.4 Å². The summed E-state index contributed by atoms with van der Waals surface area (Å²) in [4.78, 5) is 24.7. The highest BCUT2D eigenvalue weighted by Crippen LogP contribution is 2.36. The maximum absolute atomic E-state index is 12.9. The smallest absolute Gasteiger partial charge is 0.225 e. The molecule has 2 aromatic carbocycles. The topological polar surface area (TPSA) is 92.3 Å². The number of halogens is 1. The van der Waals surface area contributed by atoms with Crippen LogP contribution in [0.1, 0.15) is 19.8 Å². The summed E-state index contributed by atoms with van der Waals surface area (Å²) >= 11 is 1.51. The van der Waals surface area contributed by atoms with Gasteiger partial charge in [-0.1, -0.05) is 6.92 Å². The summed E-state index contributed by atoms with van der Waals surface area (Å²) in [7, 11) is -3.71. The molecule has 1 atom stereocenters. The molecule has 9 heteroatoms. The fourth-order valence-electron chi connectivity index (χ4n) is 2.73. The summed E-state index contributed by atoms with van der Waals surface area (Å²) in [6, 6.07) is 9.80. The summed E-state index contributed by atoms with van der Waals surface area (Å²) in [6.07, 6.45) is 0.111. The predicted molar refractivity (Wildman–Crippen MR) is 107 cm³/mol. The minimum atomic E-state index is -3.71. The summed E-state index contributed by atoms with van der Waals surface area (Å²) in [6.45, 7) is 1.93. The molecule has 6 nitrogen and oxygen atoms in total. The number of anilines is 2. The van der Waals surface area contributed by atoms with Crippen molar-refractivity contribution in [1.82, 2.24) is 0 Å². The van der Waals surface area contributed by atoms with Gasteiger partial charge in [0, 0.05) is 28.7 Å². The van der Waals surface area contributed by atoms with E-state index < -0.39 is 21.6 Å². The monoisotopic (exact) mass is 422 g/mol. The lowest BCUT2D eigenvalue weighted by Crippen LogP contribution is -2.18. The van der Waals surface area contributed by atoms with Crippen LogP contribution in [0.15, 0.2) is 52.3 Å². The van der Waals surface area contributed by atoms with E-state index in [0.717, 1.165) is 4.90 Å². The van der Waals surface area contributed by atoms with Crippen molar-refractivity contribution in [2.24, 2.45) is 0 Å². The number of sulfone groups is 1. The quantitative estimate of drug-likeness (QED) is 0.770. The second kappa shape index (κ2) is 8.32. The van der Waals surface area contributed by atoms with Gasteiger partial charge in [-0.05, 0) is 42.5 Å². The zero-order valence-corrected chi connectivity index (χ0v) is 16.7. The van der Waals surface area contributed by atoms with Gasteiger partial charge < -0.3 is 10.6 Å². The minimum Gasteiger partial charge on any atom is -0.326 e. The maximum atomic E-state index is 12.9. The Morgan fingerprint density at radius 1 is 1.25 bits per heavy atom. The molecule has 0 saturated carbocycles. The summed E-state index contributed by atoms with van der Waals surface area (Å²) in [5, 5.41) is 5.36. The Balaban J connectivity index is 1.68. The molecule has 0 fully saturated rings. The van der Waals surface area contributed by atoms with Gasteiger partial charge in [-0.15, -0.1) is 11.8 Å². The highest BCUT2D eigenvalue weighted by molar-refractivity contribution is 8.00. The van der Waals surface area contributed by atoms with Crippen molar-refractivity contribution < 1.29 is 22.4 Å². The number of nitrogens with one attached hydrogen (secondary N) is 2. The number of fused-ring (bicyclic) bond motifs is 1. The van der Waals surface area contributed by atoms with Gasteiger partial charge in [0.2, 0.25) is 11.8 Å². The van der Waals surface area contributed by atoms with Crippen molar-refractivity contribution in [1.29, 1.82) is 0 Å². The van der Waals surface area contributed by atoms with Crippen molar-refractivity contribution in [2.45, 2.75) is 34.8 Å². The van der Waals surface area contributed by atoms with Gasteiger partial charge in [0.25, 0.3) is 0 Å². The Morgan fingerprint density at radius 3 is 2.68 bits per heavy atom. The Morgan fingerprint density at radius 2 is 1.96 bits per heavy atom. The number of benzene rings is 2. The predicted octanol–water partition coefficient (Wildman–Crippen LogP) is 3.45. The van der Waals surface area contributed by atoms with Crippen LogP contribution in [-0.4, -0.2) is 31.2 Å². The average Bonchev–Trinajstić information content (AvgIpc) is 2.77. The van der Waals surface area contributed by atoms with Crippen LogP contribution in [0.4, 0.5) is 15.8 Å². The molecule has 0 aliphatic carbocycles. The number of thioether (sulfide) groups is 1. The van der Waals surface area contributed by atoms with Crippen LogP contribution in [0.3, 0.4) is 0 Å². The van der Waals surface area contributed by atoms with E-state index >= 15 is 0 Å². The van der Waals surface area contributed by atoms with Crippen LogP contribution in [0, 0.1) is 5.82 Å². The number of rotatable bonds is 5. The van der Waals surface area contributed by atoms with Crippen LogP contribution in [0.2, 0.25) is 0 Å². The fourth-order valence-corrected chi connectivity index (χ4v) is 5.04. The van der Waals surface area contributed by atoms with Crippen molar-refractivity contribution in [3.8, 4) is 0 Å². The molecule has 2 amide bonds. The number of hydrogen-bond acceptors (Lipinski definition) is 5. The van der Waals surface area contributed by atoms with Crippen LogP contribution in [0.5, 0.6) is 0 Å². The van der Waals surface area contributed by atoms with Crippen molar-refractivity contribution >= 4 is 44.8 Å². The first-order chi connectivity index (χ1) is 13.2. The lowest BCUT2D eigenvalue weighted by molar-refractivity contribution is -0.116. The Hall–Kier alpha value is -2.39. The second-order valence-corrected chi connectivity index (χ2v) is 10.1. The standard InChI is InChI=1S/C19H19FN2O4S2/c1-12-10-19(24)22-16-11-15(6-7-17(16)27-12)28(25,26)9-8-18(23)21-14-4-2-13(20)3-5-14/h2-7,11-12H,8-10H2,1H3,(H,21,23)(H,22,24)/t12-/m1/s1. The Labute approximate surface area is 166 Å². The van der Waals surface area contributed by atoms with Gasteiger partial charge in [0.05, 0.1) is 16.3 Å². The SMILES string of the molecule is C[C@@H]1CC(=O)Nc2cc(S(=O)(=O)CCC(=O)Nc3ccc(F)cc3)ccc2S1. The molecule has 0 unspecified atom stereocenters. The molecule has 0 radical (unpaired) electrons. The van der Waals surface area contributed by atoms with E-state index in [0.29, 0.717) is 17.8 Å². The molecule has 2 N–H and O–H groups in total.